The first-order valence-corrected chi connectivity index (χ1v) is 8.35. The van der Waals surface area contributed by atoms with Gasteiger partial charge in [0, 0.05) is 0 Å². The summed E-state index contributed by atoms with van der Waals surface area (Å²) in [6, 6.07) is 0. The molecule has 0 aromatic heterocycles. The van der Waals surface area contributed by atoms with Crippen LogP contribution in [0.25, 0.3) is 0 Å². The molecule has 3 fully saturated rings. The Hall–Kier alpha value is 0.363. The maximum atomic E-state index is 3.50. The van der Waals surface area contributed by atoms with Crippen LogP contribution in [0.1, 0.15) is 52.4 Å². The predicted molar refractivity (Wildman–Crippen MR) is 95.6 cm³/mol. The Bertz CT molecular complexity index is 281. The van der Waals surface area contributed by atoms with E-state index in [1.807, 2.05) is 71.1 Å². The summed E-state index contributed by atoms with van der Waals surface area (Å²) in [4.78, 5) is 0. The molecule has 1 heteroatoms. The van der Waals surface area contributed by atoms with Gasteiger partial charge < -0.3 is 23.3 Å². The summed E-state index contributed by atoms with van der Waals surface area (Å²) < 4.78 is 0. The molecule has 0 unspecified atom stereocenters. The van der Waals surface area contributed by atoms with Gasteiger partial charge in [0.05, 0.1) is 0 Å². The second-order valence-corrected chi connectivity index (χ2v) is 5.27. The molecule has 0 heterocycles. The maximum absolute atomic E-state index is 3.50. The van der Waals surface area contributed by atoms with Crippen LogP contribution in [0.2, 0.25) is 0 Å². The van der Waals surface area contributed by atoms with Gasteiger partial charge >= 0.3 is 26.2 Å². The predicted octanol–water partition coefficient (Wildman–Crippen LogP) is 5.88. The van der Waals surface area contributed by atoms with Gasteiger partial charge in [-0.1, -0.05) is 26.2 Å². The van der Waals surface area contributed by atoms with E-state index in [-0.39, 0.29) is 26.2 Å². The summed E-state index contributed by atoms with van der Waals surface area (Å²) in [7, 11) is 0. The molecule has 0 atom stereocenters. The number of rotatable bonds is 3. The average Bonchev–Trinajstić information content (AvgIpc) is 3.30. The Morgan fingerprint density at radius 2 is 1.22 bits per heavy atom. The molecule has 120 valence electrons. The zero-order valence-corrected chi connectivity index (χ0v) is 17.0. The van der Waals surface area contributed by atoms with Gasteiger partial charge in [-0.15, -0.1) is 26.2 Å². The van der Waals surface area contributed by atoms with E-state index in [1.165, 1.54) is 43.3 Å². The van der Waals surface area contributed by atoms with E-state index >= 15 is 0 Å². The number of unbranched alkanes of at least 4 members (excludes halogenated alkanes) is 2. The SMILES string of the molecule is C[C-]=C1CCCC1=[C-]CCCC.[CH]1[CH][CH][CH][CH]1.[CH]1[CH][CH][CH][CH]1.[Zr+2]. The van der Waals surface area contributed by atoms with Crippen molar-refractivity contribution in [3.05, 3.63) is 87.5 Å². The van der Waals surface area contributed by atoms with Crippen LogP contribution in [0.4, 0.5) is 0 Å². The van der Waals surface area contributed by atoms with E-state index in [0.29, 0.717) is 0 Å². The van der Waals surface area contributed by atoms with Crippen molar-refractivity contribution in [1.29, 1.82) is 0 Å². The minimum Gasteiger partial charge on any atom is -0.376 e. The molecule has 0 aliphatic heterocycles. The van der Waals surface area contributed by atoms with Crippen LogP contribution in [-0.2, 0) is 26.2 Å². The molecule has 0 saturated heterocycles. The molecule has 10 radical (unpaired) electrons. The fourth-order valence-corrected chi connectivity index (χ4v) is 2.27. The van der Waals surface area contributed by atoms with Crippen LogP contribution in [0, 0.1) is 76.4 Å². The standard InChI is InChI=1S/C12H18.2C5H5.Zr/c1-3-5-6-8-12-10-7-9-11(12)4-2;2*1-2-4-5-3-1;/h3,5-7,9-10H2,1-2H3;2*1-5H;/q-2;;;+2. The third-order valence-corrected chi connectivity index (χ3v) is 3.50. The van der Waals surface area contributed by atoms with Crippen molar-refractivity contribution in [2.75, 3.05) is 0 Å². The Labute approximate surface area is 165 Å². The van der Waals surface area contributed by atoms with Gasteiger partial charge in [-0.05, 0) is 64.2 Å². The third kappa shape index (κ3) is 12.4. The number of allylic oxidation sites excluding steroid dienone is 4. The van der Waals surface area contributed by atoms with Crippen molar-refractivity contribution in [3.8, 4) is 0 Å². The molecule has 3 aliphatic rings. The zero-order valence-electron chi connectivity index (χ0n) is 14.5. The second kappa shape index (κ2) is 17.2. The van der Waals surface area contributed by atoms with Gasteiger partial charge in [-0.3, -0.25) is 0 Å². The maximum Gasteiger partial charge on any atom is 2.00 e. The van der Waals surface area contributed by atoms with Crippen LogP contribution in [0.3, 0.4) is 0 Å². The van der Waals surface area contributed by atoms with Crippen molar-refractivity contribution in [2.45, 2.75) is 52.4 Å². The fraction of sp³-hybridized carbons (Fsp3) is 0.364. The normalized spacial score (nSPS) is 23.0. The molecular weight excluding hydrogens is 355 g/mol. The first kappa shape index (κ1) is 23.4. The summed E-state index contributed by atoms with van der Waals surface area (Å²) in [6.07, 6.45) is 34.2. The zero-order chi connectivity index (χ0) is 15.9. The number of hydrogen-bond donors (Lipinski definition) is 0. The topological polar surface area (TPSA) is 0 Å². The van der Waals surface area contributed by atoms with E-state index in [1.54, 1.807) is 0 Å². The molecule has 0 bridgehead atoms. The summed E-state index contributed by atoms with van der Waals surface area (Å²) in [5.74, 6) is 0. The van der Waals surface area contributed by atoms with Crippen LogP contribution in [-0.4, -0.2) is 0 Å². The van der Waals surface area contributed by atoms with E-state index in [4.69, 9.17) is 0 Å². The molecule has 3 aliphatic carbocycles. The van der Waals surface area contributed by atoms with Crippen molar-refractivity contribution >= 4 is 0 Å². The largest absolute Gasteiger partial charge is 2.00 e. The first-order chi connectivity index (χ1) is 10.9. The molecule has 0 N–H and O–H groups in total. The minimum atomic E-state index is 0. The van der Waals surface area contributed by atoms with Crippen LogP contribution in [0.15, 0.2) is 11.1 Å². The Kier molecular flexibility index (Phi) is 17.5. The second-order valence-electron chi connectivity index (χ2n) is 5.27. The molecule has 23 heavy (non-hydrogen) atoms. The van der Waals surface area contributed by atoms with Crippen LogP contribution >= 0.6 is 0 Å². The minimum absolute atomic E-state index is 0. The van der Waals surface area contributed by atoms with E-state index < -0.39 is 0 Å². The molecule has 3 saturated carbocycles. The van der Waals surface area contributed by atoms with Crippen molar-refractivity contribution < 1.29 is 26.2 Å². The van der Waals surface area contributed by atoms with E-state index in [0.717, 1.165) is 6.42 Å². The monoisotopic (exact) mass is 382 g/mol. The summed E-state index contributed by atoms with van der Waals surface area (Å²) in [5, 5.41) is 0. The van der Waals surface area contributed by atoms with Gasteiger partial charge in [0.25, 0.3) is 0 Å². The van der Waals surface area contributed by atoms with Gasteiger partial charge in [-0.25, -0.2) is 0 Å². The van der Waals surface area contributed by atoms with Crippen molar-refractivity contribution in [1.82, 2.24) is 0 Å². The summed E-state index contributed by atoms with van der Waals surface area (Å²) in [6.45, 7) is 4.24. The van der Waals surface area contributed by atoms with Crippen LogP contribution < -0.4 is 0 Å². The molecule has 0 aromatic rings. The summed E-state index contributed by atoms with van der Waals surface area (Å²) >= 11 is 0. The quantitative estimate of drug-likeness (QED) is 0.422. The number of hydrogen-bond acceptors (Lipinski definition) is 0. The Morgan fingerprint density at radius 1 is 0.783 bits per heavy atom. The molecule has 3 rings (SSSR count). The smallest absolute Gasteiger partial charge is 0.376 e. The third-order valence-electron chi connectivity index (χ3n) is 3.50. The summed E-state index contributed by atoms with van der Waals surface area (Å²) in [5.41, 5.74) is 2.87. The van der Waals surface area contributed by atoms with Gasteiger partial charge in [0.15, 0.2) is 0 Å². The Balaban J connectivity index is 0.000000362. The van der Waals surface area contributed by atoms with Crippen LogP contribution in [0.5, 0.6) is 0 Å². The van der Waals surface area contributed by atoms with Crippen molar-refractivity contribution in [3.63, 3.8) is 0 Å². The fourth-order valence-electron chi connectivity index (χ4n) is 2.27. The Morgan fingerprint density at radius 3 is 1.61 bits per heavy atom. The molecule has 0 spiro atoms. The average molecular weight is 384 g/mol. The molecule has 0 nitrogen and oxygen atoms in total. The van der Waals surface area contributed by atoms with Gasteiger partial charge in [0.2, 0.25) is 0 Å². The van der Waals surface area contributed by atoms with Gasteiger partial charge in [-0.2, -0.15) is 0 Å². The molecule has 0 amide bonds. The van der Waals surface area contributed by atoms with Gasteiger partial charge in [0.1, 0.15) is 0 Å². The van der Waals surface area contributed by atoms with Crippen molar-refractivity contribution in [2.24, 2.45) is 0 Å². The first-order valence-electron chi connectivity index (χ1n) is 8.35. The molecular formula is C22H28Zr. The van der Waals surface area contributed by atoms with E-state index in [2.05, 4.69) is 19.1 Å². The van der Waals surface area contributed by atoms with E-state index in [9.17, 15) is 0 Å². The molecule has 0 aromatic carbocycles.